The Labute approximate surface area is 582 Å². The Morgan fingerprint density at radius 1 is 0.290 bits per heavy atom. The van der Waals surface area contributed by atoms with E-state index in [4.69, 9.17) is 0 Å². The smallest absolute Gasteiger partial charge is 0.0292 e. The first-order chi connectivity index (χ1) is 44.0. The van der Waals surface area contributed by atoms with E-state index < -0.39 is 0 Å². The normalized spacial score (nSPS) is 53.7. The Morgan fingerprint density at radius 2 is 0.753 bits per heavy atom. The zero-order valence-electron chi connectivity index (χ0n) is 66.2. The van der Waals surface area contributed by atoms with Crippen LogP contribution < -0.4 is 0 Å². The van der Waals surface area contributed by atoms with Gasteiger partial charge in [0.2, 0.25) is 0 Å². The summed E-state index contributed by atoms with van der Waals surface area (Å²) in [6.45, 7) is 44.3. The molecular formula is C93H164. The van der Waals surface area contributed by atoms with E-state index in [1.54, 1.807) is 135 Å². The highest BCUT2D eigenvalue weighted by atomic mass is 14.6. The molecule has 9 unspecified atom stereocenters. The fourth-order valence-electron chi connectivity index (χ4n) is 30.9. The summed E-state index contributed by atoms with van der Waals surface area (Å²) in [6, 6.07) is 0. The van der Waals surface area contributed by atoms with Gasteiger partial charge in [-0.3, -0.25) is 0 Å². The van der Waals surface area contributed by atoms with Gasteiger partial charge in [-0.25, -0.2) is 0 Å². The standard InChI is InChI=1S/C12H20.C11H18.2C11H20.3C10H18.2C9H16/c1-2-12-6-9-3-10(7-12)5-11(4-9)8-12;1-11-5-8-2-9(6-11)4-10(3-8)7-11;1-8-10(2,3)9-5-6-11(8,4)7-9;1-8-9-4-6-10(7-5-9)11(8,2)3;1-7-8(2)10(3)5-4-9(7)6-10;1-8-7-9-3-5-10(8,2)6-4-9;1-7-8(2)10-5-3-9(7)4-6-10;1-7-6-8-2-4-9(7)5-3-8;1-2-8-5-7-3-4-9(8)6-7/h9-11H,2-8H2,1H3;8-10H,2-7H2,1H3;8-9H,5-7H2,1-4H3;8-10H,4-7H2,1-3H3;7-9H,4-6H2,1-3H3;8-9H,3-7H2,1-2H3;7-10H,3-6H2,1-2H3;2*7-9H,2-6H2,1H3/t;;8-,9?,11?;8-,9?,10?;7?,8-,9?,10?;8-,9?,10?;7-,8?,9?,10?;7-,8?,9?;/m..010000./s1. The molecule has 0 aromatic rings. The Balaban J connectivity index is 0.000000101. The summed E-state index contributed by atoms with van der Waals surface area (Å²) >= 11 is 0. The van der Waals surface area contributed by atoms with Gasteiger partial charge in [0.05, 0.1) is 0 Å². The molecule has 0 amide bonds. The predicted octanol–water partition coefficient (Wildman–Crippen LogP) is 28.8. The third kappa shape index (κ3) is 15.7. The van der Waals surface area contributed by atoms with E-state index in [1.807, 2.05) is 0 Å². The topological polar surface area (TPSA) is 0 Å². The molecule has 0 aromatic carbocycles. The van der Waals surface area contributed by atoms with Crippen molar-refractivity contribution in [2.24, 2.45) is 192 Å². The molecule has 26 rings (SSSR count). The third-order valence-electron chi connectivity index (χ3n) is 38.5. The summed E-state index contributed by atoms with van der Waals surface area (Å²) in [5.74, 6) is 28.2. The van der Waals surface area contributed by atoms with Crippen LogP contribution in [0.1, 0.15) is 394 Å². The zero-order valence-corrected chi connectivity index (χ0v) is 66.2. The van der Waals surface area contributed by atoms with Crippen molar-refractivity contribution >= 4 is 0 Å². The molecule has 93 heavy (non-hydrogen) atoms. The number of hydrogen-bond acceptors (Lipinski definition) is 0. The van der Waals surface area contributed by atoms with Crippen molar-refractivity contribution in [3.63, 3.8) is 0 Å². The summed E-state index contributed by atoms with van der Waals surface area (Å²) in [4.78, 5) is 0. The molecule has 0 saturated heterocycles. The van der Waals surface area contributed by atoms with Gasteiger partial charge in [-0.15, -0.1) is 0 Å². The van der Waals surface area contributed by atoms with E-state index in [1.165, 1.54) is 135 Å². The summed E-state index contributed by atoms with van der Waals surface area (Å²) in [5, 5.41) is 0. The summed E-state index contributed by atoms with van der Waals surface area (Å²) in [7, 11) is 0. The maximum atomic E-state index is 2.54. The molecular weight excluding hydrogens is 1120 g/mol. The van der Waals surface area contributed by atoms with Gasteiger partial charge in [-0.1, -0.05) is 157 Å². The lowest BCUT2D eigenvalue weighted by atomic mass is 9.49. The van der Waals surface area contributed by atoms with Crippen LogP contribution in [-0.2, 0) is 0 Å². The highest BCUT2D eigenvalue weighted by molar-refractivity contribution is 5.07. The minimum Gasteiger partial charge on any atom is -0.0651 e. The molecule has 0 spiro atoms. The molecule has 22 bridgehead atoms. The van der Waals surface area contributed by atoms with Crippen molar-refractivity contribution in [3.8, 4) is 0 Å². The SMILES string of the molecule is CC12CC3CC(CC(C3)C1)C2.CC1C2CCC(C)(C2)[C@H]1C.CC1C2CCC(CC2)[C@H]1C.CCC12CC3CC(CC(C3)C1)C2.CCC1CC2CCC1C2.C[C@@H]1C2(C)CCC(C2)C1(C)C.C[C@@H]1C2CCC(CC2)C1(C)C.C[C@H]1CC2CCC1(C)CC2.C[C@H]1CC2CCC1CC2. The van der Waals surface area contributed by atoms with Crippen LogP contribution in [0.25, 0.3) is 0 Å². The maximum Gasteiger partial charge on any atom is -0.0292 e. The molecule has 0 nitrogen and oxygen atoms in total. The van der Waals surface area contributed by atoms with Crippen LogP contribution in [0.15, 0.2) is 0 Å². The zero-order chi connectivity index (χ0) is 66.2. The minimum absolute atomic E-state index is 0.632. The minimum atomic E-state index is 0.632. The fourth-order valence-corrected chi connectivity index (χ4v) is 30.9. The van der Waals surface area contributed by atoms with Crippen LogP contribution >= 0.6 is 0 Å². The summed E-state index contributed by atoms with van der Waals surface area (Å²) in [6.07, 6.45) is 64.8. The second kappa shape index (κ2) is 29.0. The molecule has 0 aliphatic heterocycles. The lowest BCUT2D eigenvalue weighted by Gasteiger charge is -2.56. The molecule has 0 heterocycles. The quantitative estimate of drug-likeness (QED) is 0.259. The van der Waals surface area contributed by atoms with Crippen molar-refractivity contribution in [1.29, 1.82) is 0 Å². The van der Waals surface area contributed by atoms with E-state index in [2.05, 4.69) is 125 Å². The molecule has 0 N–H and O–H groups in total. The Morgan fingerprint density at radius 3 is 1.02 bits per heavy atom. The van der Waals surface area contributed by atoms with Gasteiger partial charge in [0.15, 0.2) is 0 Å². The fraction of sp³-hybridized carbons (Fsp3) is 1.00. The average molecular weight is 1280 g/mol. The van der Waals surface area contributed by atoms with E-state index in [0.29, 0.717) is 16.2 Å². The molecule has 15 atom stereocenters. The van der Waals surface area contributed by atoms with E-state index in [9.17, 15) is 0 Å². The molecule has 26 aliphatic rings. The Hall–Kier alpha value is 0. The van der Waals surface area contributed by atoms with Gasteiger partial charge in [0.1, 0.15) is 0 Å². The molecule has 0 radical (unpaired) electrons. The first-order valence-electron chi connectivity index (χ1n) is 44.0. The molecule has 26 saturated carbocycles. The summed E-state index contributed by atoms with van der Waals surface area (Å²) in [5.41, 5.74) is 5.12. The molecule has 0 heteroatoms. The van der Waals surface area contributed by atoms with Gasteiger partial charge < -0.3 is 0 Å². The van der Waals surface area contributed by atoms with Gasteiger partial charge in [-0.2, -0.15) is 0 Å². The highest BCUT2D eigenvalue weighted by Crippen LogP contribution is 2.67. The molecule has 536 valence electrons. The van der Waals surface area contributed by atoms with Crippen molar-refractivity contribution in [2.75, 3.05) is 0 Å². The Bertz CT molecular complexity index is 2210. The second-order valence-electron chi connectivity index (χ2n) is 44.1. The maximum absolute atomic E-state index is 2.54. The van der Waals surface area contributed by atoms with Crippen LogP contribution in [0.5, 0.6) is 0 Å². The third-order valence-corrected chi connectivity index (χ3v) is 38.5. The summed E-state index contributed by atoms with van der Waals surface area (Å²) < 4.78 is 0. The first kappa shape index (κ1) is 72.8. The lowest BCUT2D eigenvalue weighted by Crippen LogP contribution is -2.45. The van der Waals surface area contributed by atoms with Crippen molar-refractivity contribution in [1.82, 2.24) is 0 Å². The van der Waals surface area contributed by atoms with Crippen molar-refractivity contribution < 1.29 is 0 Å². The van der Waals surface area contributed by atoms with Gasteiger partial charge in [0, 0.05) is 0 Å². The van der Waals surface area contributed by atoms with Crippen LogP contribution in [0.4, 0.5) is 0 Å². The lowest BCUT2D eigenvalue weighted by molar-refractivity contribution is -0.0545. The molecule has 0 aromatic heterocycles. The van der Waals surface area contributed by atoms with Crippen LogP contribution in [0.3, 0.4) is 0 Å². The Kier molecular flexibility index (Phi) is 22.7. The van der Waals surface area contributed by atoms with Gasteiger partial charge in [0.25, 0.3) is 0 Å². The van der Waals surface area contributed by atoms with E-state index in [0.717, 1.165) is 176 Å². The van der Waals surface area contributed by atoms with Crippen molar-refractivity contribution in [2.45, 2.75) is 394 Å². The molecule has 26 aliphatic carbocycles. The largest absolute Gasteiger partial charge is 0.0651 e. The molecule has 26 fully saturated rings. The first-order valence-corrected chi connectivity index (χ1v) is 44.0. The van der Waals surface area contributed by atoms with Crippen LogP contribution in [-0.4, -0.2) is 0 Å². The monoisotopic (exact) mass is 1280 g/mol. The number of rotatable bonds is 2. The van der Waals surface area contributed by atoms with E-state index in [-0.39, 0.29) is 0 Å². The average Bonchev–Trinajstić information content (AvgIpc) is 1.60. The van der Waals surface area contributed by atoms with Crippen LogP contribution in [0, 0.1) is 192 Å². The van der Waals surface area contributed by atoms with Crippen molar-refractivity contribution in [3.05, 3.63) is 0 Å². The number of hydrogen-bond donors (Lipinski definition) is 0. The van der Waals surface area contributed by atoms with E-state index >= 15 is 0 Å². The predicted molar refractivity (Wildman–Crippen MR) is 404 cm³/mol. The van der Waals surface area contributed by atoms with Crippen LogP contribution in [0.2, 0.25) is 0 Å². The second-order valence-corrected chi connectivity index (χ2v) is 44.1. The number of fused-ring (bicyclic) bond motifs is 18. The highest BCUT2D eigenvalue weighted by Gasteiger charge is 2.58. The van der Waals surface area contributed by atoms with Gasteiger partial charge in [-0.05, 0) is 429 Å². The van der Waals surface area contributed by atoms with Gasteiger partial charge >= 0.3 is 0 Å².